The molecule has 0 aromatic heterocycles. The molecule has 1 unspecified atom stereocenters. The van der Waals surface area contributed by atoms with Crippen LogP contribution in [0.25, 0.3) is 0 Å². The Morgan fingerprint density at radius 1 is 0.722 bits per heavy atom. The first-order valence-corrected chi connectivity index (χ1v) is 7.88. The molecule has 18 heavy (non-hydrogen) atoms. The lowest BCUT2D eigenvalue weighted by atomic mass is 10.1. The lowest BCUT2D eigenvalue weighted by Crippen LogP contribution is -2.05. The molecule has 2 nitrogen and oxygen atoms in total. The summed E-state index contributed by atoms with van der Waals surface area (Å²) in [4.78, 5) is 0. The molecule has 1 atom stereocenters. The highest BCUT2D eigenvalue weighted by molar-refractivity contribution is 4.45. The lowest BCUT2D eigenvalue weighted by molar-refractivity contribution is 0.101. The second-order valence-electron chi connectivity index (χ2n) is 4.91. The molecule has 0 aromatic carbocycles. The van der Waals surface area contributed by atoms with Gasteiger partial charge in [0, 0.05) is 26.4 Å². The zero-order valence-electron chi connectivity index (χ0n) is 13.5. The Labute approximate surface area is 115 Å². The molecule has 0 saturated heterocycles. The van der Waals surface area contributed by atoms with Gasteiger partial charge in [-0.05, 0) is 25.2 Å². The van der Waals surface area contributed by atoms with Crippen LogP contribution in [0.2, 0.25) is 0 Å². The van der Waals surface area contributed by atoms with Gasteiger partial charge in [0.2, 0.25) is 0 Å². The van der Waals surface area contributed by atoms with Gasteiger partial charge in [-0.3, -0.25) is 0 Å². The first kappa shape index (κ1) is 20.2. The predicted molar refractivity (Wildman–Crippen MR) is 81.2 cm³/mol. The average Bonchev–Trinajstić information content (AvgIpc) is 2.40. The summed E-state index contributed by atoms with van der Waals surface area (Å²) >= 11 is 0. The molecule has 0 fully saturated rings. The molecule has 0 aliphatic carbocycles. The van der Waals surface area contributed by atoms with Gasteiger partial charge in [-0.2, -0.15) is 0 Å². The molecule has 0 bridgehead atoms. The summed E-state index contributed by atoms with van der Waals surface area (Å²) in [6, 6.07) is 0. The van der Waals surface area contributed by atoms with E-state index in [9.17, 15) is 0 Å². The fourth-order valence-corrected chi connectivity index (χ4v) is 1.14. The zero-order chi connectivity index (χ0) is 14.1. The molecule has 0 aliphatic heterocycles. The van der Waals surface area contributed by atoms with E-state index in [4.69, 9.17) is 9.47 Å². The van der Waals surface area contributed by atoms with Gasteiger partial charge in [-0.25, -0.2) is 0 Å². The molecule has 0 aromatic rings. The van der Waals surface area contributed by atoms with Gasteiger partial charge in [0.25, 0.3) is 0 Å². The van der Waals surface area contributed by atoms with Crippen LogP contribution in [0.3, 0.4) is 0 Å². The van der Waals surface area contributed by atoms with Crippen molar-refractivity contribution in [1.29, 1.82) is 0 Å². The normalized spacial score (nSPS) is 11.8. The molecule has 0 spiro atoms. The van der Waals surface area contributed by atoms with Gasteiger partial charge in [0.15, 0.2) is 0 Å². The SMILES string of the molecule is CCCCOCC(C)CC.CCCCOCCC. The van der Waals surface area contributed by atoms with Crippen LogP contribution in [0.1, 0.15) is 73.1 Å². The molecule has 112 valence electrons. The maximum Gasteiger partial charge on any atom is 0.0491 e. The van der Waals surface area contributed by atoms with Crippen LogP contribution in [-0.2, 0) is 9.47 Å². The topological polar surface area (TPSA) is 18.5 Å². The van der Waals surface area contributed by atoms with Crippen molar-refractivity contribution in [3.05, 3.63) is 0 Å². The zero-order valence-corrected chi connectivity index (χ0v) is 13.5. The van der Waals surface area contributed by atoms with E-state index in [1.165, 1.54) is 32.1 Å². The summed E-state index contributed by atoms with van der Waals surface area (Å²) in [6.45, 7) is 14.7. The van der Waals surface area contributed by atoms with E-state index in [-0.39, 0.29) is 0 Å². The van der Waals surface area contributed by atoms with Crippen molar-refractivity contribution in [2.75, 3.05) is 26.4 Å². The van der Waals surface area contributed by atoms with Gasteiger partial charge in [-0.15, -0.1) is 0 Å². The van der Waals surface area contributed by atoms with E-state index in [1.807, 2.05) is 0 Å². The predicted octanol–water partition coefficient (Wildman–Crippen LogP) is 5.06. The van der Waals surface area contributed by atoms with E-state index in [0.717, 1.165) is 38.8 Å². The number of hydrogen-bond donors (Lipinski definition) is 0. The fourth-order valence-electron chi connectivity index (χ4n) is 1.14. The summed E-state index contributed by atoms with van der Waals surface area (Å²) in [5.41, 5.74) is 0. The van der Waals surface area contributed by atoms with Crippen molar-refractivity contribution in [2.24, 2.45) is 5.92 Å². The standard InChI is InChI=1S/C9H20O.C7H16O/c1-4-6-7-10-8-9(3)5-2;1-3-5-7-8-6-4-2/h9H,4-8H2,1-3H3;3-7H2,1-2H3. The van der Waals surface area contributed by atoms with Crippen molar-refractivity contribution >= 4 is 0 Å². The first-order chi connectivity index (χ1) is 8.72. The van der Waals surface area contributed by atoms with Crippen LogP contribution in [-0.4, -0.2) is 26.4 Å². The molecular formula is C16H36O2. The minimum Gasteiger partial charge on any atom is -0.381 e. The smallest absolute Gasteiger partial charge is 0.0491 e. The Balaban J connectivity index is 0. The number of ether oxygens (including phenoxy) is 2. The van der Waals surface area contributed by atoms with E-state index in [1.54, 1.807) is 0 Å². The molecule has 0 rings (SSSR count). The van der Waals surface area contributed by atoms with Crippen molar-refractivity contribution in [3.8, 4) is 0 Å². The van der Waals surface area contributed by atoms with E-state index >= 15 is 0 Å². The quantitative estimate of drug-likeness (QED) is 0.483. The molecule has 0 amide bonds. The third-order valence-corrected chi connectivity index (χ3v) is 2.73. The van der Waals surface area contributed by atoms with Crippen LogP contribution >= 0.6 is 0 Å². The largest absolute Gasteiger partial charge is 0.381 e. The van der Waals surface area contributed by atoms with Gasteiger partial charge >= 0.3 is 0 Å². The summed E-state index contributed by atoms with van der Waals surface area (Å²) in [5.74, 6) is 0.733. The number of rotatable bonds is 11. The van der Waals surface area contributed by atoms with Crippen LogP contribution < -0.4 is 0 Å². The third kappa shape index (κ3) is 21.2. The Kier molecular flexibility index (Phi) is 21.7. The molecule has 0 radical (unpaired) electrons. The summed E-state index contributed by atoms with van der Waals surface area (Å²) in [5, 5.41) is 0. The molecule has 2 heteroatoms. The van der Waals surface area contributed by atoms with Crippen LogP contribution in [0.15, 0.2) is 0 Å². The summed E-state index contributed by atoms with van der Waals surface area (Å²) in [7, 11) is 0. The van der Waals surface area contributed by atoms with Gasteiger partial charge in [0.1, 0.15) is 0 Å². The lowest BCUT2D eigenvalue weighted by Gasteiger charge is -2.07. The number of hydrogen-bond acceptors (Lipinski definition) is 2. The minimum absolute atomic E-state index is 0.733. The van der Waals surface area contributed by atoms with Crippen LogP contribution in [0.4, 0.5) is 0 Å². The van der Waals surface area contributed by atoms with E-state index in [0.29, 0.717) is 0 Å². The molecule has 0 heterocycles. The monoisotopic (exact) mass is 260 g/mol. The molecule has 0 saturated carbocycles. The molecule has 0 N–H and O–H groups in total. The Morgan fingerprint density at radius 3 is 1.72 bits per heavy atom. The minimum atomic E-state index is 0.733. The second kappa shape index (κ2) is 19.3. The fraction of sp³-hybridized carbons (Fsp3) is 1.00. The first-order valence-electron chi connectivity index (χ1n) is 7.88. The highest BCUT2D eigenvalue weighted by Gasteiger charge is 1.96. The van der Waals surface area contributed by atoms with E-state index < -0.39 is 0 Å². The van der Waals surface area contributed by atoms with Gasteiger partial charge in [0.05, 0.1) is 0 Å². The highest BCUT2D eigenvalue weighted by Crippen LogP contribution is 2.00. The molecule has 0 aliphatic rings. The Morgan fingerprint density at radius 2 is 1.28 bits per heavy atom. The maximum atomic E-state index is 5.43. The van der Waals surface area contributed by atoms with Crippen molar-refractivity contribution in [3.63, 3.8) is 0 Å². The van der Waals surface area contributed by atoms with Crippen molar-refractivity contribution < 1.29 is 9.47 Å². The van der Waals surface area contributed by atoms with Crippen LogP contribution in [0, 0.1) is 5.92 Å². The Hall–Kier alpha value is -0.0800. The van der Waals surface area contributed by atoms with Crippen molar-refractivity contribution in [1.82, 2.24) is 0 Å². The molecular weight excluding hydrogens is 224 g/mol. The number of unbranched alkanes of at least 4 members (excludes halogenated alkanes) is 2. The van der Waals surface area contributed by atoms with Gasteiger partial charge in [-0.1, -0.05) is 53.9 Å². The highest BCUT2D eigenvalue weighted by atomic mass is 16.5. The summed E-state index contributed by atoms with van der Waals surface area (Å²) < 4.78 is 10.6. The second-order valence-corrected chi connectivity index (χ2v) is 4.91. The summed E-state index contributed by atoms with van der Waals surface area (Å²) in [6.07, 6.45) is 7.26. The van der Waals surface area contributed by atoms with Crippen LogP contribution in [0.5, 0.6) is 0 Å². The average molecular weight is 260 g/mol. The maximum absolute atomic E-state index is 5.43. The van der Waals surface area contributed by atoms with E-state index in [2.05, 4.69) is 34.6 Å². The Bertz CT molecular complexity index is 120. The van der Waals surface area contributed by atoms with Gasteiger partial charge < -0.3 is 9.47 Å². The van der Waals surface area contributed by atoms with Crippen molar-refractivity contribution in [2.45, 2.75) is 73.1 Å². The third-order valence-electron chi connectivity index (χ3n) is 2.73.